The largest absolute Gasteiger partial charge is 0.383 e. The molecule has 1 saturated heterocycles. The van der Waals surface area contributed by atoms with Crippen molar-refractivity contribution < 1.29 is 4.74 Å². The van der Waals surface area contributed by atoms with Crippen LogP contribution in [0.2, 0.25) is 0 Å². The number of methoxy groups -OCH3 is 1. The second-order valence-corrected chi connectivity index (χ2v) is 7.57. The number of benzene rings is 1. The fourth-order valence-corrected chi connectivity index (χ4v) is 3.36. The van der Waals surface area contributed by atoms with Crippen LogP contribution in [0.25, 0.3) is 0 Å². The molecule has 1 fully saturated rings. The number of likely N-dealkylation sites (N-methyl/N-ethyl adjacent to an activating group) is 1. The van der Waals surface area contributed by atoms with Gasteiger partial charge in [-0.15, -0.1) is 24.0 Å². The van der Waals surface area contributed by atoms with E-state index >= 15 is 0 Å². The van der Waals surface area contributed by atoms with Gasteiger partial charge in [0.1, 0.15) is 0 Å². The molecule has 1 aliphatic rings. The highest BCUT2D eigenvalue weighted by molar-refractivity contribution is 14.0. The molecule has 0 aliphatic carbocycles. The van der Waals surface area contributed by atoms with Gasteiger partial charge in [0.05, 0.1) is 13.2 Å². The van der Waals surface area contributed by atoms with Crippen LogP contribution in [0.4, 0.5) is 0 Å². The zero-order chi connectivity index (χ0) is 20.0. The van der Waals surface area contributed by atoms with E-state index in [1.165, 1.54) is 43.5 Å². The summed E-state index contributed by atoms with van der Waals surface area (Å²) >= 11 is 0. The second kappa shape index (κ2) is 15.9. The maximum Gasteiger partial charge on any atom is 0.191 e. The van der Waals surface area contributed by atoms with Crippen molar-refractivity contribution in [1.82, 2.24) is 20.4 Å². The first-order valence-corrected chi connectivity index (χ1v) is 10.7. The Labute approximate surface area is 194 Å². The lowest BCUT2D eigenvalue weighted by Gasteiger charge is -2.26. The minimum Gasteiger partial charge on any atom is -0.383 e. The number of piperidine rings is 1. The van der Waals surface area contributed by atoms with Crippen molar-refractivity contribution in [1.29, 1.82) is 0 Å². The summed E-state index contributed by atoms with van der Waals surface area (Å²) in [5.41, 5.74) is 2.65. The van der Waals surface area contributed by atoms with Crippen LogP contribution in [0.1, 0.15) is 37.3 Å². The van der Waals surface area contributed by atoms with Gasteiger partial charge in [0.15, 0.2) is 5.96 Å². The molecule has 0 spiro atoms. The van der Waals surface area contributed by atoms with Gasteiger partial charge in [-0.1, -0.05) is 30.7 Å². The van der Waals surface area contributed by atoms with Gasteiger partial charge in [-0.3, -0.25) is 4.90 Å². The van der Waals surface area contributed by atoms with E-state index in [9.17, 15) is 0 Å². The number of nitrogens with one attached hydrogen (secondary N) is 2. The molecule has 0 atom stereocenters. The second-order valence-electron chi connectivity index (χ2n) is 7.57. The average Bonchev–Trinajstić information content (AvgIpc) is 2.72. The van der Waals surface area contributed by atoms with Crippen molar-refractivity contribution >= 4 is 29.9 Å². The van der Waals surface area contributed by atoms with Crippen molar-refractivity contribution in [3.63, 3.8) is 0 Å². The number of aliphatic imine (C=N–C) groups is 1. The molecule has 6 nitrogen and oxygen atoms in total. The fourth-order valence-electron chi connectivity index (χ4n) is 3.36. The molecule has 2 N–H and O–H groups in total. The molecule has 166 valence electrons. The standard InChI is InChI=1S/C22H39N5O.HI/c1-4-23-22(24-12-15-26(2)16-17-28-3)25-18-20-8-10-21(11-9-20)19-27-13-6-5-7-14-27;/h8-11H,4-7,12-19H2,1-3H3,(H2,23,24,25);1H. The molecule has 1 aromatic rings. The molecular formula is C22H40IN5O. The van der Waals surface area contributed by atoms with Crippen LogP contribution in [0.3, 0.4) is 0 Å². The molecule has 1 heterocycles. The Balaban J connectivity index is 0.00000420. The number of halogens is 1. The molecule has 0 bridgehead atoms. The molecule has 0 unspecified atom stereocenters. The highest BCUT2D eigenvalue weighted by atomic mass is 127. The van der Waals surface area contributed by atoms with Gasteiger partial charge in [-0.25, -0.2) is 4.99 Å². The van der Waals surface area contributed by atoms with E-state index in [2.05, 4.69) is 58.7 Å². The van der Waals surface area contributed by atoms with Gasteiger partial charge in [-0.05, 0) is 51.0 Å². The monoisotopic (exact) mass is 517 g/mol. The molecule has 1 aromatic carbocycles. The summed E-state index contributed by atoms with van der Waals surface area (Å²) in [6, 6.07) is 8.94. The molecule has 7 heteroatoms. The lowest BCUT2D eigenvalue weighted by Crippen LogP contribution is -2.41. The van der Waals surface area contributed by atoms with Crippen LogP contribution in [0, 0.1) is 0 Å². The lowest BCUT2D eigenvalue weighted by atomic mass is 10.1. The Hall–Kier alpha value is -0.900. The van der Waals surface area contributed by atoms with E-state index in [0.29, 0.717) is 6.54 Å². The number of hydrogen-bond donors (Lipinski definition) is 2. The number of likely N-dealkylation sites (tertiary alicyclic amines) is 1. The summed E-state index contributed by atoms with van der Waals surface area (Å²) in [6.07, 6.45) is 4.07. The zero-order valence-corrected chi connectivity index (χ0v) is 20.8. The summed E-state index contributed by atoms with van der Waals surface area (Å²) < 4.78 is 5.12. The Kier molecular flexibility index (Phi) is 14.3. The Morgan fingerprint density at radius 1 is 1.07 bits per heavy atom. The average molecular weight is 518 g/mol. The van der Waals surface area contributed by atoms with E-state index in [1.807, 2.05) is 0 Å². The van der Waals surface area contributed by atoms with Crippen LogP contribution in [-0.2, 0) is 17.8 Å². The summed E-state index contributed by atoms with van der Waals surface area (Å²) in [4.78, 5) is 9.54. The molecule has 0 aromatic heterocycles. The molecule has 0 saturated carbocycles. The third-order valence-electron chi connectivity index (χ3n) is 5.10. The maximum absolute atomic E-state index is 5.12. The predicted molar refractivity (Wildman–Crippen MR) is 133 cm³/mol. The number of rotatable bonds is 11. The fraction of sp³-hybridized carbons (Fsp3) is 0.682. The minimum absolute atomic E-state index is 0. The van der Waals surface area contributed by atoms with Crippen LogP contribution < -0.4 is 10.6 Å². The first-order chi connectivity index (χ1) is 13.7. The van der Waals surface area contributed by atoms with Crippen molar-refractivity contribution in [3.8, 4) is 0 Å². The molecular weight excluding hydrogens is 477 g/mol. The Bertz CT molecular complexity index is 561. The molecule has 29 heavy (non-hydrogen) atoms. The van der Waals surface area contributed by atoms with Gasteiger partial charge in [0.25, 0.3) is 0 Å². The SMILES string of the molecule is CCNC(=NCc1ccc(CN2CCCCC2)cc1)NCCN(C)CCOC.I. The first-order valence-electron chi connectivity index (χ1n) is 10.7. The molecule has 2 rings (SSSR count). The summed E-state index contributed by atoms with van der Waals surface area (Å²) in [5, 5.41) is 6.74. The van der Waals surface area contributed by atoms with Gasteiger partial charge in [0, 0.05) is 39.8 Å². The number of hydrogen-bond acceptors (Lipinski definition) is 4. The first kappa shape index (κ1) is 26.1. The summed E-state index contributed by atoms with van der Waals surface area (Å²) in [5.74, 6) is 0.875. The third kappa shape index (κ3) is 11.2. The highest BCUT2D eigenvalue weighted by Gasteiger charge is 2.10. The van der Waals surface area contributed by atoms with E-state index in [1.54, 1.807) is 7.11 Å². The van der Waals surface area contributed by atoms with Crippen molar-refractivity contribution in [2.45, 2.75) is 39.3 Å². The van der Waals surface area contributed by atoms with Crippen molar-refractivity contribution in [2.75, 3.05) is 60.0 Å². The van der Waals surface area contributed by atoms with Crippen LogP contribution in [0.5, 0.6) is 0 Å². The zero-order valence-electron chi connectivity index (χ0n) is 18.5. The van der Waals surface area contributed by atoms with Crippen LogP contribution in [0.15, 0.2) is 29.3 Å². The summed E-state index contributed by atoms with van der Waals surface area (Å²) in [7, 11) is 3.85. The molecule has 0 amide bonds. The van der Waals surface area contributed by atoms with Crippen molar-refractivity contribution in [3.05, 3.63) is 35.4 Å². The topological polar surface area (TPSA) is 52.1 Å². The Morgan fingerprint density at radius 2 is 1.76 bits per heavy atom. The highest BCUT2D eigenvalue weighted by Crippen LogP contribution is 2.14. The Morgan fingerprint density at radius 3 is 2.41 bits per heavy atom. The van der Waals surface area contributed by atoms with Crippen molar-refractivity contribution in [2.24, 2.45) is 4.99 Å². The quantitative estimate of drug-likeness (QED) is 0.269. The van der Waals surface area contributed by atoms with Gasteiger partial charge in [-0.2, -0.15) is 0 Å². The van der Waals surface area contributed by atoms with Gasteiger partial charge < -0.3 is 20.3 Å². The van der Waals surface area contributed by atoms with Crippen LogP contribution in [-0.4, -0.2) is 75.8 Å². The van der Waals surface area contributed by atoms with Gasteiger partial charge >= 0.3 is 0 Å². The van der Waals surface area contributed by atoms with E-state index in [0.717, 1.165) is 45.3 Å². The predicted octanol–water partition coefficient (Wildman–Crippen LogP) is 2.92. The number of nitrogens with zero attached hydrogens (tertiary/aromatic N) is 3. The van der Waals surface area contributed by atoms with E-state index in [4.69, 9.17) is 9.73 Å². The molecule has 0 radical (unpaired) electrons. The smallest absolute Gasteiger partial charge is 0.191 e. The number of guanidine groups is 1. The summed E-state index contributed by atoms with van der Waals surface area (Å²) in [6.45, 7) is 10.7. The molecule has 1 aliphatic heterocycles. The minimum atomic E-state index is 0. The third-order valence-corrected chi connectivity index (χ3v) is 5.10. The van der Waals surface area contributed by atoms with Crippen LogP contribution >= 0.6 is 24.0 Å². The maximum atomic E-state index is 5.12. The number of ether oxygens (including phenoxy) is 1. The van der Waals surface area contributed by atoms with Gasteiger partial charge in [0.2, 0.25) is 0 Å². The lowest BCUT2D eigenvalue weighted by molar-refractivity contribution is 0.162. The van der Waals surface area contributed by atoms with E-state index < -0.39 is 0 Å². The normalized spacial score (nSPS) is 15.2. The van der Waals surface area contributed by atoms with E-state index in [-0.39, 0.29) is 24.0 Å².